The summed E-state index contributed by atoms with van der Waals surface area (Å²) in [7, 11) is 0. The van der Waals surface area contributed by atoms with Gasteiger partial charge in [0.2, 0.25) is 0 Å². The highest BCUT2D eigenvalue weighted by atomic mass is 79.9. The second kappa shape index (κ2) is 7.28. The SMILES string of the molecule is CCN(CC)C(=O)C(C)Oc1ccc(Br)c(C=O)c1. The van der Waals surface area contributed by atoms with E-state index in [1.165, 1.54) is 0 Å². The molecule has 0 radical (unpaired) electrons. The molecule has 0 fully saturated rings. The highest BCUT2D eigenvalue weighted by Crippen LogP contribution is 2.22. The number of carbonyl (C=O) groups excluding carboxylic acids is 2. The van der Waals surface area contributed by atoms with Crippen molar-refractivity contribution in [2.24, 2.45) is 0 Å². The van der Waals surface area contributed by atoms with E-state index in [9.17, 15) is 9.59 Å². The van der Waals surface area contributed by atoms with Crippen LogP contribution in [0, 0.1) is 0 Å². The van der Waals surface area contributed by atoms with Gasteiger partial charge in [0.05, 0.1) is 0 Å². The number of hydrogen-bond donors (Lipinski definition) is 0. The molecule has 1 atom stereocenters. The summed E-state index contributed by atoms with van der Waals surface area (Å²) in [4.78, 5) is 24.6. The van der Waals surface area contributed by atoms with Crippen LogP contribution in [0.1, 0.15) is 31.1 Å². The van der Waals surface area contributed by atoms with Crippen molar-refractivity contribution in [1.82, 2.24) is 4.90 Å². The van der Waals surface area contributed by atoms with Gasteiger partial charge in [-0.05, 0) is 39.0 Å². The fourth-order valence-corrected chi connectivity index (χ4v) is 2.07. The molecule has 104 valence electrons. The van der Waals surface area contributed by atoms with Gasteiger partial charge in [0.25, 0.3) is 5.91 Å². The molecule has 0 aromatic heterocycles. The average Bonchev–Trinajstić information content (AvgIpc) is 2.42. The quantitative estimate of drug-likeness (QED) is 0.755. The molecule has 0 aliphatic heterocycles. The molecule has 0 saturated carbocycles. The second-order valence-electron chi connectivity index (χ2n) is 4.07. The summed E-state index contributed by atoms with van der Waals surface area (Å²) < 4.78 is 6.29. The van der Waals surface area contributed by atoms with Crippen molar-refractivity contribution in [2.45, 2.75) is 26.9 Å². The lowest BCUT2D eigenvalue weighted by Crippen LogP contribution is -2.40. The molecule has 19 heavy (non-hydrogen) atoms. The van der Waals surface area contributed by atoms with Crippen molar-refractivity contribution in [3.8, 4) is 5.75 Å². The average molecular weight is 328 g/mol. The lowest BCUT2D eigenvalue weighted by Gasteiger charge is -2.23. The Labute approximate surface area is 121 Å². The van der Waals surface area contributed by atoms with E-state index in [2.05, 4.69) is 15.9 Å². The minimum absolute atomic E-state index is 0.0550. The molecule has 0 aliphatic carbocycles. The summed E-state index contributed by atoms with van der Waals surface area (Å²) in [5.74, 6) is 0.457. The zero-order chi connectivity index (χ0) is 14.4. The summed E-state index contributed by atoms with van der Waals surface area (Å²) in [5, 5.41) is 0. The maximum absolute atomic E-state index is 12.1. The molecule has 1 aromatic rings. The number of benzene rings is 1. The molecule has 1 rings (SSSR count). The van der Waals surface area contributed by atoms with Crippen molar-refractivity contribution >= 4 is 28.1 Å². The monoisotopic (exact) mass is 327 g/mol. The van der Waals surface area contributed by atoms with Crippen LogP contribution in [-0.4, -0.2) is 36.3 Å². The van der Waals surface area contributed by atoms with E-state index in [0.717, 1.165) is 6.29 Å². The lowest BCUT2D eigenvalue weighted by atomic mass is 10.2. The predicted molar refractivity (Wildman–Crippen MR) is 77.5 cm³/mol. The van der Waals surface area contributed by atoms with E-state index in [1.54, 1.807) is 30.0 Å². The van der Waals surface area contributed by atoms with Gasteiger partial charge < -0.3 is 9.64 Å². The summed E-state index contributed by atoms with van der Waals surface area (Å²) in [6, 6.07) is 5.07. The number of rotatable bonds is 6. The summed E-state index contributed by atoms with van der Waals surface area (Å²) in [6.07, 6.45) is 0.175. The number of halogens is 1. The number of nitrogens with zero attached hydrogens (tertiary/aromatic N) is 1. The molecule has 0 bridgehead atoms. The Morgan fingerprint density at radius 3 is 2.58 bits per heavy atom. The standard InChI is InChI=1S/C14H18BrNO3/c1-4-16(5-2)14(18)10(3)19-12-6-7-13(15)11(8-12)9-17/h6-10H,4-5H2,1-3H3. The number of likely N-dealkylation sites (N-methyl/N-ethyl adjacent to an activating group) is 1. The predicted octanol–water partition coefficient (Wildman–Crippen LogP) is 2.90. The highest BCUT2D eigenvalue weighted by Gasteiger charge is 2.19. The lowest BCUT2D eigenvalue weighted by molar-refractivity contribution is -0.137. The Morgan fingerprint density at radius 2 is 2.05 bits per heavy atom. The Balaban J connectivity index is 2.79. The van der Waals surface area contributed by atoms with E-state index in [1.807, 2.05) is 13.8 Å². The maximum Gasteiger partial charge on any atom is 0.263 e. The first kappa shape index (κ1) is 15.7. The van der Waals surface area contributed by atoms with E-state index in [-0.39, 0.29) is 5.91 Å². The molecule has 1 amide bonds. The van der Waals surface area contributed by atoms with Crippen molar-refractivity contribution in [3.05, 3.63) is 28.2 Å². The van der Waals surface area contributed by atoms with Gasteiger partial charge in [-0.3, -0.25) is 9.59 Å². The van der Waals surface area contributed by atoms with Crippen LogP contribution in [0.2, 0.25) is 0 Å². The van der Waals surface area contributed by atoms with Gasteiger partial charge in [-0.15, -0.1) is 0 Å². The van der Waals surface area contributed by atoms with Crippen molar-refractivity contribution in [2.75, 3.05) is 13.1 Å². The first-order valence-electron chi connectivity index (χ1n) is 6.23. The summed E-state index contributed by atoms with van der Waals surface area (Å²) in [6.45, 7) is 6.88. The van der Waals surface area contributed by atoms with Crippen LogP contribution < -0.4 is 4.74 Å². The third-order valence-corrected chi connectivity index (χ3v) is 3.55. The van der Waals surface area contributed by atoms with Gasteiger partial charge in [-0.1, -0.05) is 15.9 Å². The normalized spacial score (nSPS) is 11.8. The highest BCUT2D eigenvalue weighted by molar-refractivity contribution is 9.10. The molecule has 0 spiro atoms. The zero-order valence-electron chi connectivity index (χ0n) is 11.4. The fraction of sp³-hybridized carbons (Fsp3) is 0.429. The Kier molecular flexibility index (Phi) is 6.02. The van der Waals surface area contributed by atoms with E-state index in [4.69, 9.17) is 4.74 Å². The van der Waals surface area contributed by atoms with Gasteiger partial charge in [-0.25, -0.2) is 0 Å². The number of carbonyl (C=O) groups is 2. The number of hydrogen-bond acceptors (Lipinski definition) is 3. The number of amides is 1. The third kappa shape index (κ3) is 4.06. The molecule has 4 nitrogen and oxygen atoms in total. The van der Waals surface area contributed by atoms with Gasteiger partial charge in [0, 0.05) is 23.1 Å². The summed E-state index contributed by atoms with van der Waals surface area (Å²) in [5.41, 5.74) is 0.500. The number of ether oxygens (including phenoxy) is 1. The Bertz CT molecular complexity index is 458. The van der Waals surface area contributed by atoms with Crippen LogP contribution in [-0.2, 0) is 4.79 Å². The molecule has 0 heterocycles. The molecule has 0 saturated heterocycles. The Morgan fingerprint density at radius 1 is 1.42 bits per heavy atom. The van der Waals surface area contributed by atoms with Crippen LogP contribution in [0.25, 0.3) is 0 Å². The molecule has 0 N–H and O–H groups in total. The minimum Gasteiger partial charge on any atom is -0.481 e. The van der Waals surface area contributed by atoms with Crippen molar-refractivity contribution in [3.63, 3.8) is 0 Å². The fourth-order valence-electron chi connectivity index (χ4n) is 1.73. The largest absolute Gasteiger partial charge is 0.481 e. The minimum atomic E-state index is -0.569. The second-order valence-corrected chi connectivity index (χ2v) is 4.93. The smallest absolute Gasteiger partial charge is 0.263 e. The molecule has 5 heteroatoms. The van der Waals surface area contributed by atoms with Gasteiger partial charge in [0.15, 0.2) is 12.4 Å². The molecular weight excluding hydrogens is 310 g/mol. The van der Waals surface area contributed by atoms with Crippen LogP contribution >= 0.6 is 15.9 Å². The molecule has 0 aliphatic rings. The Hall–Kier alpha value is -1.36. The van der Waals surface area contributed by atoms with Crippen LogP contribution in [0.15, 0.2) is 22.7 Å². The van der Waals surface area contributed by atoms with Gasteiger partial charge in [0.1, 0.15) is 5.75 Å². The number of aldehydes is 1. The van der Waals surface area contributed by atoms with E-state index < -0.39 is 6.10 Å². The molecule has 1 unspecified atom stereocenters. The van der Waals surface area contributed by atoms with Crippen LogP contribution in [0.3, 0.4) is 0 Å². The van der Waals surface area contributed by atoms with Gasteiger partial charge >= 0.3 is 0 Å². The summed E-state index contributed by atoms with van der Waals surface area (Å²) >= 11 is 3.27. The zero-order valence-corrected chi connectivity index (χ0v) is 12.9. The topological polar surface area (TPSA) is 46.6 Å². The van der Waals surface area contributed by atoms with E-state index >= 15 is 0 Å². The van der Waals surface area contributed by atoms with Crippen LogP contribution in [0.4, 0.5) is 0 Å². The van der Waals surface area contributed by atoms with Gasteiger partial charge in [-0.2, -0.15) is 0 Å². The van der Waals surface area contributed by atoms with Crippen LogP contribution in [0.5, 0.6) is 5.75 Å². The van der Waals surface area contributed by atoms with Crippen molar-refractivity contribution < 1.29 is 14.3 Å². The molecular formula is C14H18BrNO3. The molecule has 1 aromatic carbocycles. The van der Waals surface area contributed by atoms with E-state index in [0.29, 0.717) is 28.9 Å². The maximum atomic E-state index is 12.1. The first-order chi connectivity index (χ1) is 9.03. The first-order valence-corrected chi connectivity index (χ1v) is 7.02. The third-order valence-electron chi connectivity index (χ3n) is 2.83. The van der Waals surface area contributed by atoms with Crippen molar-refractivity contribution in [1.29, 1.82) is 0 Å².